The van der Waals surface area contributed by atoms with Gasteiger partial charge in [-0.2, -0.15) is 0 Å². The number of hydrogen-bond donors (Lipinski definition) is 1. The van der Waals surface area contributed by atoms with Crippen LogP contribution < -0.4 is 9.62 Å². The molecular formula is C30H36BrN3O4S. The van der Waals surface area contributed by atoms with Gasteiger partial charge in [0.15, 0.2) is 0 Å². The molecule has 0 bridgehead atoms. The quantitative estimate of drug-likeness (QED) is 0.270. The number of carbonyl (C=O) groups excluding carboxylic acids is 2. The Bertz CT molecular complexity index is 1400. The monoisotopic (exact) mass is 613 g/mol. The molecule has 0 aliphatic carbocycles. The Morgan fingerprint density at radius 1 is 0.949 bits per heavy atom. The maximum Gasteiger partial charge on any atom is 0.264 e. The average Bonchev–Trinajstić information content (AvgIpc) is 2.92. The van der Waals surface area contributed by atoms with Crippen LogP contribution in [-0.2, 0) is 26.2 Å². The maximum atomic E-state index is 14.0. The predicted octanol–water partition coefficient (Wildman–Crippen LogP) is 5.59. The lowest BCUT2D eigenvalue weighted by molar-refractivity contribution is -0.139. The van der Waals surface area contributed by atoms with Crippen LogP contribution in [0.5, 0.6) is 0 Å². The van der Waals surface area contributed by atoms with Crippen molar-refractivity contribution in [3.05, 3.63) is 94.0 Å². The molecule has 0 saturated heterocycles. The molecule has 0 aromatic heterocycles. The second-order valence-electron chi connectivity index (χ2n) is 9.57. The van der Waals surface area contributed by atoms with E-state index in [1.54, 1.807) is 37.3 Å². The first-order valence-electron chi connectivity index (χ1n) is 13.0. The average molecular weight is 615 g/mol. The Kier molecular flexibility index (Phi) is 10.7. The summed E-state index contributed by atoms with van der Waals surface area (Å²) in [6.07, 6.45) is 1.76. The van der Waals surface area contributed by atoms with Crippen LogP contribution in [0, 0.1) is 13.8 Å². The number of nitrogens with zero attached hydrogens (tertiary/aromatic N) is 2. The van der Waals surface area contributed by atoms with Crippen molar-refractivity contribution in [3.8, 4) is 0 Å². The van der Waals surface area contributed by atoms with E-state index in [0.717, 1.165) is 38.3 Å². The molecule has 3 aromatic rings. The van der Waals surface area contributed by atoms with Gasteiger partial charge in [-0.3, -0.25) is 13.9 Å². The lowest BCUT2D eigenvalue weighted by atomic mass is 10.1. The van der Waals surface area contributed by atoms with Crippen molar-refractivity contribution in [2.45, 2.75) is 58.0 Å². The predicted molar refractivity (Wildman–Crippen MR) is 159 cm³/mol. The molecule has 1 N–H and O–H groups in total. The molecule has 0 radical (unpaired) electrons. The number of nitrogens with one attached hydrogen (secondary N) is 1. The van der Waals surface area contributed by atoms with E-state index in [9.17, 15) is 18.0 Å². The third-order valence-electron chi connectivity index (χ3n) is 6.63. The minimum absolute atomic E-state index is 0.0833. The van der Waals surface area contributed by atoms with E-state index in [4.69, 9.17) is 0 Å². The maximum absolute atomic E-state index is 14.0. The topological polar surface area (TPSA) is 86.8 Å². The van der Waals surface area contributed by atoms with Crippen molar-refractivity contribution in [2.75, 3.05) is 17.4 Å². The molecule has 3 rings (SSSR count). The number of rotatable bonds is 12. The van der Waals surface area contributed by atoms with E-state index < -0.39 is 28.5 Å². The molecule has 0 heterocycles. The minimum Gasteiger partial charge on any atom is -0.354 e. The van der Waals surface area contributed by atoms with Crippen LogP contribution in [0.1, 0.15) is 43.4 Å². The van der Waals surface area contributed by atoms with Crippen LogP contribution in [0.25, 0.3) is 0 Å². The summed E-state index contributed by atoms with van der Waals surface area (Å²) in [4.78, 5) is 28.5. The molecule has 3 aromatic carbocycles. The highest BCUT2D eigenvalue weighted by atomic mass is 79.9. The number of hydrogen-bond acceptors (Lipinski definition) is 4. The van der Waals surface area contributed by atoms with Gasteiger partial charge in [0.05, 0.1) is 10.6 Å². The van der Waals surface area contributed by atoms with Crippen LogP contribution >= 0.6 is 15.9 Å². The number of amides is 2. The Balaban J connectivity index is 2.01. The summed E-state index contributed by atoms with van der Waals surface area (Å²) in [5, 5.41) is 2.90. The van der Waals surface area contributed by atoms with Crippen molar-refractivity contribution in [1.82, 2.24) is 10.2 Å². The van der Waals surface area contributed by atoms with Gasteiger partial charge >= 0.3 is 0 Å². The first-order valence-corrected chi connectivity index (χ1v) is 15.2. The Hall–Kier alpha value is -3.17. The van der Waals surface area contributed by atoms with Gasteiger partial charge in [-0.15, -0.1) is 0 Å². The summed E-state index contributed by atoms with van der Waals surface area (Å²) < 4.78 is 29.7. The van der Waals surface area contributed by atoms with E-state index in [-0.39, 0.29) is 17.3 Å². The zero-order valence-corrected chi connectivity index (χ0v) is 25.3. The molecule has 0 unspecified atom stereocenters. The molecule has 0 aliphatic heterocycles. The SMILES string of the molecule is CCCCNC(=O)[C@@H](C)N(Cc1cccc(Br)c1)C(=O)CN(c1ccc(C)c(C)c1)S(=O)(=O)c1ccccc1. The number of sulfonamides is 1. The van der Waals surface area contributed by atoms with Gasteiger partial charge in [0.2, 0.25) is 11.8 Å². The molecule has 7 nitrogen and oxygen atoms in total. The van der Waals surface area contributed by atoms with E-state index in [1.807, 2.05) is 51.1 Å². The Labute approximate surface area is 240 Å². The lowest BCUT2D eigenvalue weighted by Crippen LogP contribution is -2.51. The summed E-state index contributed by atoms with van der Waals surface area (Å²) in [5.41, 5.74) is 3.12. The summed E-state index contributed by atoms with van der Waals surface area (Å²) >= 11 is 3.46. The standard InChI is InChI=1S/C30H36BrN3O4S/c1-5-6-17-32-30(36)24(4)33(20-25-11-10-12-26(31)19-25)29(35)21-34(27-16-15-22(2)23(3)18-27)39(37,38)28-13-8-7-9-14-28/h7-16,18-19,24H,5-6,17,20-21H2,1-4H3,(H,32,36)/t24-/m1/s1. The highest BCUT2D eigenvalue weighted by molar-refractivity contribution is 9.10. The second kappa shape index (κ2) is 13.8. The number of benzene rings is 3. The van der Waals surface area contributed by atoms with E-state index in [0.29, 0.717) is 12.2 Å². The lowest BCUT2D eigenvalue weighted by Gasteiger charge is -2.32. The first-order chi connectivity index (χ1) is 18.5. The highest BCUT2D eigenvalue weighted by Crippen LogP contribution is 2.26. The zero-order chi connectivity index (χ0) is 28.6. The van der Waals surface area contributed by atoms with Gasteiger partial charge in [-0.25, -0.2) is 8.42 Å². The van der Waals surface area contributed by atoms with Crippen molar-refractivity contribution in [3.63, 3.8) is 0 Å². The summed E-state index contributed by atoms with van der Waals surface area (Å²) in [6, 6.07) is 20.0. The molecule has 1 atom stereocenters. The van der Waals surface area contributed by atoms with Gasteiger partial charge in [-0.05, 0) is 80.3 Å². The summed E-state index contributed by atoms with van der Waals surface area (Å²) in [6.45, 7) is 7.74. The van der Waals surface area contributed by atoms with Crippen LogP contribution in [0.3, 0.4) is 0 Å². The van der Waals surface area contributed by atoms with Crippen LogP contribution in [0.15, 0.2) is 82.2 Å². The normalized spacial score (nSPS) is 12.0. The van der Waals surface area contributed by atoms with Crippen LogP contribution in [0.4, 0.5) is 5.69 Å². The van der Waals surface area contributed by atoms with Gasteiger partial charge in [0.25, 0.3) is 10.0 Å². The number of halogens is 1. The molecule has 0 saturated carbocycles. The summed E-state index contributed by atoms with van der Waals surface area (Å²) in [5.74, 6) is -0.763. The fraction of sp³-hybridized carbons (Fsp3) is 0.333. The molecule has 208 valence electrons. The van der Waals surface area contributed by atoms with Crippen molar-refractivity contribution in [2.24, 2.45) is 0 Å². The van der Waals surface area contributed by atoms with E-state index in [1.165, 1.54) is 17.0 Å². The van der Waals surface area contributed by atoms with Crippen molar-refractivity contribution in [1.29, 1.82) is 0 Å². The summed E-state index contributed by atoms with van der Waals surface area (Å²) in [7, 11) is -4.08. The zero-order valence-electron chi connectivity index (χ0n) is 22.9. The van der Waals surface area contributed by atoms with Gasteiger partial charge in [-0.1, -0.05) is 65.7 Å². The highest BCUT2D eigenvalue weighted by Gasteiger charge is 2.32. The van der Waals surface area contributed by atoms with Gasteiger partial charge < -0.3 is 10.2 Å². The Morgan fingerprint density at radius 3 is 2.31 bits per heavy atom. The fourth-order valence-corrected chi connectivity index (χ4v) is 5.95. The second-order valence-corrected chi connectivity index (χ2v) is 12.3. The molecule has 2 amide bonds. The number of anilines is 1. The fourth-order valence-electron chi connectivity index (χ4n) is 4.08. The molecule has 0 aliphatic rings. The molecular weight excluding hydrogens is 578 g/mol. The van der Waals surface area contributed by atoms with E-state index in [2.05, 4.69) is 21.2 Å². The number of unbranched alkanes of at least 4 members (excludes halogenated alkanes) is 1. The van der Waals surface area contributed by atoms with E-state index >= 15 is 0 Å². The van der Waals surface area contributed by atoms with Crippen LogP contribution in [-0.4, -0.2) is 44.3 Å². The Morgan fingerprint density at radius 2 is 1.67 bits per heavy atom. The van der Waals surface area contributed by atoms with Gasteiger partial charge in [0, 0.05) is 17.6 Å². The minimum atomic E-state index is -4.08. The van der Waals surface area contributed by atoms with Crippen molar-refractivity contribution < 1.29 is 18.0 Å². The third kappa shape index (κ3) is 7.92. The number of aryl methyl sites for hydroxylation is 2. The molecule has 39 heavy (non-hydrogen) atoms. The largest absolute Gasteiger partial charge is 0.354 e. The van der Waals surface area contributed by atoms with Gasteiger partial charge in [0.1, 0.15) is 12.6 Å². The van der Waals surface area contributed by atoms with Crippen molar-refractivity contribution >= 4 is 43.5 Å². The third-order valence-corrected chi connectivity index (χ3v) is 8.91. The van der Waals surface area contributed by atoms with Crippen LogP contribution in [0.2, 0.25) is 0 Å². The molecule has 0 spiro atoms. The molecule has 0 fully saturated rings. The first kappa shape index (κ1) is 30.4. The number of carbonyl (C=O) groups is 2. The smallest absolute Gasteiger partial charge is 0.264 e. The molecule has 9 heteroatoms.